The predicted molar refractivity (Wildman–Crippen MR) is 77.8 cm³/mol. The van der Waals surface area contributed by atoms with Crippen molar-refractivity contribution < 1.29 is 14.7 Å². The summed E-state index contributed by atoms with van der Waals surface area (Å²) in [6.45, 7) is 0.733. The molecule has 0 fully saturated rings. The Bertz CT molecular complexity index is 503. The molecule has 1 rings (SSSR count). The molecule has 0 unspecified atom stereocenters. The third-order valence-corrected chi connectivity index (χ3v) is 2.36. The van der Waals surface area contributed by atoms with Crippen LogP contribution in [0.3, 0.4) is 0 Å². The van der Waals surface area contributed by atoms with Crippen LogP contribution < -0.4 is 21.1 Å². The van der Waals surface area contributed by atoms with Gasteiger partial charge in [0.15, 0.2) is 5.11 Å². The minimum absolute atomic E-state index is 0.312. The van der Waals surface area contributed by atoms with Gasteiger partial charge in [-0.15, -0.1) is 0 Å². The van der Waals surface area contributed by atoms with Crippen LogP contribution in [0.1, 0.15) is 0 Å². The molecule has 0 atom stereocenters. The van der Waals surface area contributed by atoms with E-state index in [1.807, 2.05) is 30.3 Å². The summed E-state index contributed by atoms with van der Waals surface area (Å²) in [6, 6.07) is 9.42. The SMILES string of the molecule is O=C([O-])C=CC(=O)NCCNC(=S)Nc1ccccc1. The molecule has 7 heteroatoms. The fourth-order valence-corrected chi connectivity index (χ4v) is 1.48. The van der Waals surface area contributed by atoms with Gasteiger partial charge in [-0.05, 0) is 30.4 Å². The Morgan fingerprint density at radius 3 is 2.40 bits per heavy atom. The second-order valence-electron chi connectivity index (χ2n) is 3.69. The van der Waals surface area contributed by atoms with Crippen LogP contribution in [-0.4, -0.2) is 30.1 Å². The van der Waals surface area contributed by atoms with Crippen LogP contribution in [0, 0.1) is 0 Å². The van der Waals surface area contributed by atoms with Crippen molar-refractivity contribution in [1.29, 1.82) is 0 Å². The van der Waals surface area contributed by atoms with E-state index in [1.165, 1.54) is 0 Å². The normalized spacial score (nSPS) is 10.0. The van der Waals surface area contributed by atoms with Gasteiger partial charge >= 0.3 is 0 Å². The monoisotopic (exact) mass is 292 g/mol. The van der Waals surface area contributed by atoms with E-state index >= 15 is 0 Å². The lowest BCUT2D eigenvalue weighted by Crippen LogP contribution is -2.36. The van der Waals surface area contributed by atoms with Crippen molar-refractivity contribution in [2.45, 2.75) is 0 Å². The van der Waals surface area contributed by atoms with E-state index in [9.17, 15) is 14.7 Å². The molecule has 3 N–H and O–H groups in total. The molecule has 0 aliphatic heterocycles. The number of hydrogen-bond donors (Lipinski definition) is 3. The number of nitrogens with one attached hydrogen (secondary N) is 3. The molecule has 1 aromatic carbocycles. The molecule has 0 bridgehead atoms. The van der Waals surface area contributed by atoms with Gasteiger partial charge in [-0.1, -0.05) is 18.2 Å². The van der Waals surface area contributed by atoms with Gasteiger partial charge in [0.05, 0.1) is 5.97 Å². The third kappa shape index (κ3) is 7.12. The summed E-state index contributed by atoms with van der Waals surface area (Å²) in [6.07, 6.45) is 1.57. The van der Waals surface area contributed by atoms with Gasteiger partial charge in [0.1, 0.15) is 0 Å². The maximum absolute atomic E-state index is 11.1. The van der Waals surface area contributed by atoms with Crippen LogP contribution in [-0.2, 0) is 9.59 Å². The first kappa shape index (κ1) is 15.6. The maximum Gasteiger partial charge on any atom is 0.244 e. The molecule has 0 spiro atoms. The zero-order valence-corrected chi connectivity index (χ0v) is 11.4. The van der Waals surface area contributed by atoms with Crippen LogP contribution in [0.2, 0.25) is 0 Å². The summed E-state index contributed by atoms with van der Waals surface area (Å²) in [5, 5.41) is 18.9. The number of carbonyl (C=O) groups excluding carboxylic acids is 2. The highest BCUT2D eigenvalue weighted by atomic mass is 32.1. The van der Waals surface area contributed by atoms with E-state index in [-0.39, 0.29) is 0 Å². The molecule has 106 valence electrons. The number of amides is 1. The Hall–Kier alpha value is -2.41. The van der Waals surface area contributed by atoms with Gasteiger partial charge in [-0.3, -0.25) is 4.79 Å². The molecule has 0 radical (unpaired) electrons. The largest absolute Gasteiger partial charge is 0.545 e. The van der Waals surface area contributed by atoms with Crippen LogP contribution in [0.15, 0.2) is 42.5 Å². The highest BCUT2D eigenvalue weighted by molar-refractivity contribution is 7.80. The first-order chi connectivity index (χ1) is 9.58. The Morgan fingerprint density at radius 2 is 1.75 bits per heavy atom. The number of thiocarbonyl (C=S) groups is 1. The summed E-state index contributed by atoms with van der Waals surface area (Å²) in [5.41, 5.74) is 0.867. The molecule has 0 aliphatic carbocycles. The molecular formula is C13H14N3O3S-. The Morgan fingerprint density at radius 1 is 1.10 bits per heavy atom. The number of carboxylic acid groups (broad SMARTS) is 1. The molecule has 0 heterocycles. The van der Waals surface area contributed by atoms with Crippen LogP contribution in [0.25, 0.3) is 0 Å². The van der Waals surface area contributed by atoms with E-state index < -0.39 is 11.9 Å². The number of rotatable bonds is 6. The lowest BCUT2D eigenvalue weighted by atomic mass is 10.3. The van der Waals surface area contributed by atoms with Gasteiger partial charge < -0.3 is 25.9 Å². The van der Waals surface area contributed by atoms with Gasteiger partial charge in [-0.25, -0.2) is 0 Å². The molecular weight excluding hydrogens is 278 g/mol. The molecule has 0 aromatic heterocycles. The second-order valence-corrected chi connectivity index (χ2v) is 4.10. The second kappa shape index (κ2) is 8.65. The average Bonchev–Trinajstić information content (AvgIpc) is 2.42. The van der Waals surface area contributed by atoms with E-state index in [0.717, 1.165) is 11.8 Å². The zero-order valence-electron chi connectivity index (χ0n) is 10.6. The average molecular weight is 292 g/mol. The lowest BCUT2D eigenvalue weighted by molar-refractivity contribution is -0.297. The molecule has 1 aromatic rings. The van der Waals surface area contributed by atoms with Crippen LogP contribution in [0.5, 0.6) is 0 Å². The van der Waals surface area contributed by atoms with Gasteiger partial charge in [-0.2, -0.15) is 0 Å². The summed E-state index contributed by atoms with van der Waals surface area (Å²) in [5.74, 6) is -1.91. The van der Waals surface area contributed by atoms with Crippen molar-refractivity contribution in [1.82, 2.24) is 10.6 Å². The van der Waals surface area contributed by atoms with Crippen molar-refractivity contribution >= 4 is 34.9 Å². The summed E-state index contributed by atoms with van der Waals surface area (Å²) < 4.78 is 0. The predicted octanol–water partition coefficient (Wildman–Crippen LogP) is -0.605. The molecule has 0 saturated heterocycles. The Balaban J connectivity index is 2.16. The molecule has 0 aliphatic rings. The van der Waals surface area contributed by atoms with E-state index in [1.54, 1.807) is 0 Å². The standard InChI is InChI=1S/C13H15N3O3S/c17-11(6-7-12(18)19)14-8-9-15-13(20)16-10-4-2-1-3-5-10/h1-7H,8-9H2,(H,14,17)(H,18,19)(H2,15,16,20)/p-1. The minimum atomic E-state index is -1.41. The number of anilines is 1. The highest BCUT2D eigenvalue weighted by Gasteiger charge is 1.97. The maximum atomic E-state index is 11.1. The van der Waals surface area contributed by atoms with Gasteiger partial charge in [0, 0.05) is 24.9 Å². The molecule has 20 heavy (non-hydrogen) atoms. The summed E-state index contributed by atoms with van der Waals surface area (Å²) >= 11 is 5.07. The smallest absolute Gasteiger partial charge is 0.244 e. The topological polar surface area (TPSA) is 93.3 Å². The highest BCUT2D eigenvalue weighted by Crippen LogP contribution is 2.03. The van der Waals surface area contributed by atoms with Crippen LogP contribution >= 0.6 is 12.2 Å². The quantitative estimate of drug-likeness (QED) is 0.368. The van der Waals surface area contributed by atoms with Gasteiger partial charge in [0.2, 0.25) is 5.91 Å². The Labute approximate surface area is 121 Å². The summed E-state index contributed by atoms with van der Waals surface area (Å²) in [7, 11) is 0. The zero-order chi connectivity index (χ0) is 14.8. The molecule has 0 saturated carbocycles. The number of para-hydroxylation sites is 1. The number of aliphatic carboxylic acids is 1. The summed E-state index contributed by atoms with van der Waals surface area (Å²) in [4.78, 5) is 21.2. The van der Waals surface area contributed by atoms with E-state index in [2.05, 4.69) is 16.0 Å². The third-order valence-electron chi connectivity index (χ3n) is 2.11. The number of benzene rings is 1. The number of carbonyl (C=O) groups is 2. The van der Waals surface area contributed by atoms with Crippen LogP contribution in [0.4, 0.5) is 5.69 Å². The number of carboxylic acids is 1. The minimum Gasteiger partial charge on any atom is -0.545 e. The van der Waals surface area contributed by atoms with E-state index in [4.69, 9.17) is 12.2 Å². The first-order valence-corrected chi connectivity index (χ1v) is 6.25. The first-order valence-electron chi connectivity index (χ1n) is 5.84. The molecule has 1 amide bonds. The van der Waals surface area contributed by atoms with Crippen molar-refractivity contribution in [3.05, 3.63) is 42.5 Å². The fourth-order valence-electron chi connectivity index (χ4n) is 1.26. The van der Waals surface area contributed by atoms with Crippen molar-refractivity contribution in [3.63, 3.8) is 0 Å². The Kier molecular flexibility index (Phi) is 6.77. The number of hydrogen-bond acceptors (Lipinski definition) is 4. The van der Waals surface area contributed by atoms with Gasteiger partial charge in [0.25, 0.3) is 0 Å². The van der Waals surface area contributed by atoms with Crippen molar-refractivity contribution in [2.24, 2.45) is 0 Å². The molecule has 6 nitrogen and oxygen atoms in total. The fraction of sp³-hybridized carbons (Fsp3) is 0.154. The lowest BCUT2D eigenvalue weighted by Gasteiger charge is -2.10. The van der Waals surface area contributed by atoms with Crippen molar-refractivity contribution in [3.8, 4) is 0 Å². The van der Waals surface area contributed by atoms with E-state index in [0.29, 0.717) is 24.3 Å². The van der Waals surface area contributed by atoms with Crippen molar-refractivity contribution in [2.75, 3.05) is 18.4 Å².